The van der Waals surface area contributed by atoms with Crippen molar-refractivity contribution >= 4 is 21.1 Å². The van der Waals surface area contributed by atoms with Crippen LogP contribution < -0.4 is 4.72 Å². The van der Waals surface area contributed by atoms with Crippen molar-refractivity contribution in [3.05, 3.63) is 48.3 Å². The van der Waals surface area contributed by atoms with Gasteiger partial charge in [-0.2, -0.15) is 5.11 Å². The summed E-state index contributed by atoms with van der Waals surface area (Å²) < 4.78 is 28.6. The predicted octanol–water partition coefficient (Wildman–Crippen LogP) is 2.79. The molecule has 2 aliphatic rings. The summed E-state index contributed by atoms with van der Waals surface area (Å²) in [6.45, 7) is 4.01. The normalized spacial score (nSPS) is 18.1. The predicted molar refractivity (Wildman–Crippen MR) is 123 cm³/mol. The van der Waals surface area contributed by atoms with Gasteiger partial charge in [-0.15, -0.1) is 0 Å². The van der Waals surface area contributed by atoms with E-state index in [2.05, 4.69) is 43.0 Å². The first-order valence-electron chi connectivity index (χ1n) is 10.9. The van der Waals surface area contributed by atoms with Crippen LogP contribution in [-0.4, -0.2) is 67.6 Å². The lowest BCUT2D eigenvalue weighted by Gasteiger charge is -2.29. The molecule has 168 valence electrons. The molecule has 0 aliphatic carbocycles. The number of hydrogen-bond donors (Lipinski definition) is 2. The van der Waals surface area contributed by atoms with Crippen molar-refractivity contribution in [2.24, 2.45) is 10.3 Å². The summed E-state index contributed by atoms with van der Waals surface area (Å²) in [7, 11) is -1.48. The number of fused-ring (bicyclic) bond motifs is 1. The van der Waals surface area contributed by atoms with E-state index in [4.69, 9.17) is 0 Å². The Bertz CT molecular complexity index is 1230. The van der Waals surface area contributed by atoms with Crippen molar-refractivity contribution < 1.29 is 8.42 Å². The molecule has 2 aliphatic heterocycles. The SMILES string of the molecule is CN1CCC(NS(=O)(=O)c2ccc(-c3ccnc4[nH]c(CN5CCN=N5)cc34)cc2)CC1. The molecule has 0 unspecified atom stereocenters. The first-order chi connectivity index (χ1) is 15.5. The zero-order valence-electron chi connectivity index (χ0n) is 18.0. The van der Waals surface area contributed by atoms with Crippen LogP contribution in [0.1, 0.15) is 18.5 Å². The molecule has 5 rings (SSSR count). The minimum atomic E-state index is -3.54. The summed E-state index contributed by atoms with van der Waals surface area (Å²) in [4.78, 5) is 10.3. The molecule has 0 spiro atoms. The Morgan fingerprint density at radius 3 is 2.62 bits per heavy atom. The van der Waals surface area contributed by atoms with Crippen LogP contribution in [0.2, 0.25) is 0 Å². The summed E-state index contributed by atoms with van der Waals surface area (Å²) in [6, 6.07) is 11.1. The number of nitrogens with zero attached hydrogens (tertiary/aromatic N) is 5. The molecule has 3 aromatic rings. The molecule has 2 N–H and O–H groups in total. The fraction of sp³-hybridized carbons (Fsp3) is 0.409. The molecule has 2 aromatic heterocycles. The highest BCUT2D eigenvalue weighted by Crippen LogP contribution is 2.29. The second kappa shape index (κ2) is 8.61. The third-order valence-corrected chi connectivity index (χ3v) is 7.64. The number of aromatic amines is 1. The fourth-order valence-electron chi connectivity index (χ4n) is 4.29. The lowest BCUT2D eigenvalue weighted by Crippen LogP contribution is -2.43. The van der Waals surface area contributed by atoms with Crippen LogP contribution in [0.25, 0.3) is 22.2 Å². The number of benzene rings is 1. The van der Waals surface area contributed by atoms with Crippen LogP contribution in [0.4, 0.5) is 0 Å². The lowest BCUT2D eigenvalue weighted by atomic mass is 10.0. The zero-order chi connectivity index (χ0) is 22.1. The van der Waals surface area contributed by atoms with Crippen molar-refractivity contribution in [3.8, 4) is 11.1 Å². The molecule has 0 bridgehead atoms. The van der Waals surface area contributed by atoms with Gasteiger partial charge in [0.05, 0.1) is 24.5 Å². The van der Waals surface area contributed by atoms with Crippen LogP contribution in [0.3, 0.4) is 0 Å². The Morgan fingerprint density at radius 1 is 1.12 bits per heavy atom. The van der Waals surface area contributed by atoms with Gasteiger partial charge in [-0.3, -0.25) is 5.01 Å². The molecule has 9 nitrogen and oxygen atoms in total. The molecule has 1 aromatic carbocycles. The minimum Gasteiger partial charge on any atom is -0.342 e. The maximum Gasteiger partial charge on any atom is 0.240 e. The first kappa shape index (κ1) is 21.0. The van der Waals surface area contributed by atoms with Gasteiger partial charge in [-0.05, 0) is 68.4 Å². The average molecular weight is 454 g/mol. The largest absolute Gasteiger partial charge is 0.342 e. The van der Waals surface area contributed by atoms with Crippen molar-refractivity contribution in [2.75, 3.05) is 33.2 Å². The number of hydrogen-bond acceptors (Lipinski definition) is 7. The number of rotatable bonds is 6. The molecule has 0 saturated carbocycles. The molecule has 0 atom stereocenters. The van der Waals surface area contributed by atoms with Crippen LogP contribution in [-0.2, 0) is 16.6 Å². The van der Waals surface area contributed by atoms with E-state index in [1.54, 1.807) is 18.3 Å². The molecule has 0 radical (unpaired) electrons. The average Bonchev–Trinajstić information content (AvgIpc) is 3.45. The zero-order valence-corrected chi connectivity index (χ0v) is 18.8. The summed E-state index contributed by atoms with van der Waals surface area (Å²) in [5.41, 5.74) is 3.77. The second-order valence-corrected chi connectivity index (χ2v) is 10.2. The number of aromatic nitrogens is 2. The highest BCUT2D eigenvalue weighted by molar-refractivity contribution is 7.89. The molecule has 0 amide bonds. The molecule has 1 fully saturated rings. The van der Waals surface area contributed by atoms with Gasteiger partial charge in [0.25, 0.3) is 0 Å². The number of sulfonamides is 1. The van der Waals surface area contributed by atoms with E-state index < -0.39 is 10.0 Å². The van der Waals surface area contributed by atoms with Crippen molar-refractivity contribution in [1.29, 1.82) is 0 Å². The Kier molecular flexibility index (Phi) is 5.66. The van der Waals surface area contributed by atoms with E-state index in [-0.39, 0.29) is 6.04 Å². The number of nitrogens with one attached hydrogen (secondary N) is 2. The number of piperidine rings is 1. The molecule has 10 heteroatoms. The van der Waals surface area contributed by atoms with Gasteiger partial charge >= 0.3 is 0 Å². The Morgan fingerprint density at radius 2 is 1.91 bits per heavy atom. The summed E-state index contributed by atoms with van der Waals surface area (Å²) in [5.74, 6) is 0. The van der Waals surface area contributed by atoms with Crippen molar-refractivity contribution in [2.45, 2.75) is 30.3 Å². The van der Waals surface area contributed by atoms with E-state index >= 15 is 0 Å². The number of likely N-dealkylation sites (tertiary alicyclic amines) is 1. The van der Waals surface area contributed by atoms with E-state index in [1.165, 1.54) is 0 Å². The smallest absolute Gasteiger partial charge is 0.240 e. The molecular formula is C22H27N7O2S. The van der Waals surface area contributed by atoms with Gasteiger partial charge < -0.3 is 9.88 Å². The van der Waals surface area contributed by atoms with Gasteiger partial charge in [0.2, 0.25) is 10.0 Å². The maximum absolute atomic E-state index is 12.8. The highest BCUT2D eigenvalue weighted by Gasteiger charge is 2.23. The van der Waals surface area contributed by atoms with Crippen molar-refractivity contribution in [1.82, 2.24) is 24.6 Å². The molecule has 32 heavy (non-hydrogen) atoms. The third-order valence-electron chi connectivity index (χ3n) is 6.10. The fourth-order valence-corrected chi connectivity index (χ4v) is 5.60. The van der Waals surface area contributed by atoms with E-state index in [0.29, 0.717) is 11.4 Å². The monoisotopic (exact) mass is 453 g/mol. The van der Waals surface area contributed by atoms with Gasteiger partial charge in [0.1, 0.15) is 5.65 Å². The van der Waals surface area contributed by atoms with Crippen molar-refractivity contribution in [3.63, 3.8) is 0 Å². The molecular weight excluding hydrogens is 426 g/mol. The minimum absolute atomic E-state index is 0.0101. The van der Waals surface area contributed by atoms with Crippen LogP contribution in [0.5, 0.6) is 0 Å². The topological polar surface area (TPSA) is 106 Å². The summed E-state index contributed by atoms with van der Waals surface area (Å²) >= 11 is 0. The lowest BCUT2D eigenvalue weighted by molar-refractivity contribution is 0.248. The Labute approximate surface area is 187 Å². The summed E-state index contributed by atoms with van der Waals surface area (Å²) in [6.07, 6.45) is 3.43. The standard InChI is InChI=1S/C22H27N7O2S/c1-28-11-7-17(8-12-28)26-32(30,31)19-4-2-16(3-5-19)20-6-9-23-22-21(20)14-18(25-22)15-29-13-10-24-27-29/h2-6,9,14,17,26H,7-8,10-13,15H2,1H3,(H,23,25). The first-order valence-corrected chi connectivity index (χ1v) is 12.4. The number of pyridine rings is 1. The van der Waals surface area contributed by atoms with E-state index in [1.807, 2.05) is 23.2 Å². The quantitative estimate of drug-likeness (QED) is 0.597. The van der Waals surface area contributed by atoms with Gasteiger partial charge in [0.15, 0.2) is 0 Å². The number of H-pyrrole nitrogens is 1. The van der Waals surface area contributed by atoms with Crippen LogP contribution in [0, 0.1) is 0 Å². The van der Waals surface area contributed by atoms with Gasteiger partial charge in [-0.25, -0.2) is 18.1 Å². The maximum atomic E-state index is 12.8. The van der Waals surface area contributed by atoms with Gasteiger partial charge in [-0.1, -0.05) is 17.4 Å². The van der Waals surface area contributed by atoms with Crippen LogP contribution >= 0.6 is 0 Å². The van der Waals surface area contributed by atoms with E-state index in [0.717, 1.165) is 66.9 Å². The van der Waals surface area contributed by atoms with Gasteiger partial charge in [0, 0.05) is 23.3 Å². The molecule has 1 saturated heterocycles. The Hall–Kier alpha value is -2.82. The third kappa shape index (κ3) is 4.38. The second-order valence-electron chi connectivity index (χ2n) is 8.48. The molecule has 4 heterocycles. The summed E-state index contributed by atoms with van der Waals surface area (Å²) in [5, 5.41) is 11.0. The Balaban J connectivity index is 1.36. The van der Waals surface area contributed by atoms with E-state index in [9.17, 15) is 8.42 Å². The highest BCUT2D eigenvalue weighted by atomic mass is 32.2. The van der Waals surface area contributed by atoms with Crippen LogP contribution in [0.15, 0.2) is 57.8 Å².